The maximum atomic E-state index is 12.6. The summed E-state index contributed by atoms with van der Waals surface area (Å²) in [6.07, 6.45) is 4.43. The molecule has 206 valence electrons. The van der Waals surface area contributed by atoms with Gasteiger partial charge in [-0.15, -0.1) is 0 Å². The van der Waals surface area contributed by atoms with Crippen LogP contribution in [-0.4, -0.2) is 49.2 Å². The van der Waals surface area contributed by atoms with Crippen molar-refractivity contribution in [1.29, 1.82) is 0 Å². The lowest BCUT2D eigenvalue weighted by molar-refractivity contribution is -0.170. The number of carbonyl (C=O) groups is 2. The molecule has 0 aromatic rings. The highest BCUT2D eigenvalue weighted by atomic mass is 35.5. The minimum atomic E-state index is -1.53. The Labute approximate surface area is 240 Å². The zero-order valence-electron chi connectivity index (χ0n) is 20.7. The molecular formula is C26H26Cl4O8. The predicted octanol–water partition coefficient (Wildman–Crippen LogP) is 5.91. The second-order valence-corrected chi connectivity index (χ2v) is 9.76. The fourth-order valence-electron chi connectivity index (χ4n) is 3.33. The van der Waals surface area contributed by atoms with Gasteiger partial charge in [0.1, 0.15) is 21.9 Å². The van der Waals surface area contributed by atoms with Crippen LogP contribution < -0.4 is 0 Å². The topological polar surface area (TPSA) is 105 Å². The Hall–Kier alpha value is -2.44. The minimum Gasteiger partial charge on any atom is -0.491 e. The van der Waals surface area contributed by atoms with Crippen molar-refractivity contribution >= 4 is 70.2 Å². The summed E-state index contributed by atoms with van der Waals surface area (Å²) in [7, 11) is 0. The maximum absolute atomic E-state index is 12.6. The molecule has 0 aliphatic heterocycles. The van der Waals surface area contributed by atoms with Gasteiger partial charge in [0.2, 0.25) is 0 Å². The molecule has 2 unspecified atom stereocenters. The average Bonchev–Trinajstić information content (AvgIpc) is 2.90. The van der Waals surface area contributed by atoms with Gasteiger partial charge in [-0.2, -0.15) is 0 Å². The van der Waals surface area contributed by atoms with E-state index in [4.69, 9.17) is 65.4 Å². The summed E-state index contributed by atoms with van der Waals surface area (Å²) in [5.74, 6) is 0.107. The van der Waals surface area contributed by atoms with Gasteiger partial charge in [-0.1, -0.05) is 85.9 Å². The van der Waals surface area contributed by atoms with Gasteiger partial charge in [0.25, 0.3) is 0 Å². The summed E-state index contributed by atoms with van der Waals surface area (Å²) in [5.41, 5.74) is -0.493. The van der Waals surface area contributed by atoms with E-state index in [0.717, 1.165) is 25.7 Å². The second kappa shape index (κ2) is 15.8. The van der Waals surface area contributed by atoms with Crippen molar-refractivity contribution in [2.75, 3.05) is 13.2 Å². The van der Waals surface area contributed by atoms with Crippen LogP contribution in [0.5, 0.6) is 0 Å². The first-order valence-electron chi connectivity index (χ1n) is 11.9. The highest BCUT2D eigenvalue weighted by molar-refractivity contribution is 6.38. The Morgan fingerprint density at radius 1 is 0.711 bits per heavy atom. The van der Waals surface area contributed by atoms with Crippen LogP contribution in [0.3, 0.4) is 0 Å². The summed E-state index contributed by atoms with van der Waals surface area (Å²) in [4.78, 5) is 48.1. The average molecular weight is 608 g/mol. The summed E-state index contributed by atoms with van der Waals surface area (Å²) in [6.45, 7) is 4.59. The summed E-state index contributed by atoms with van der Waals surface area (Å²) >= 11 is 25.0. The Morgan fingerprint density at radius 2 is 1.08 bits per heavy atom. The van der Waals surface area contributed by atoms with E-state index in [-0.39, 0.29) is 56.0 Å². The first-order chi connectivity index (χ1) is 18.2. The summed E-state index contributed by atoms with van der Waals surface area (Å²) in [5, 5.41) is -0.436. The number of rotatable bonds is 12. The quantitative estimate of drug-likeness (QED) is 0.117. The maximum Gasteiger partial charge on any atom is 0.418 e. The zero-order chi connectivity index (χ0) is 28.2. The Bertz CT molecular complexity index is 1060. The van der Waals surface area contributed by atoms with Gasteiger partial charge in [0.05, 0.1) is 34.4 Å². The first kappa shape index (κ1) is 31.8. The van der Waals surface area contributed by atoms with Crippen LogP contribution in [0.2, 0.25) is 0 Å². The van der Waals surface area contributed by atoms with Gasteiger partial charge in [-0.3, -0.25) is 0 Å². The molecule has 0 radical (unpaired) electrons. The lowest BCUT2D eigenvalue weighted by Gasteiger charge is -2.25. The molecule has 12 heteroatoms. The van der Waals surface area contributed by atoms with Gasteiger partial charge in [-0.25, -0.2) is 19.2 Å². The van der Waals surface area contributed by atoms with Crippen molar-refractivity contribution < 1.29 is 38.1 Å². The molecule has 0 spiro atoms. The number of ether oxygens (including phenoxy) is 4. The lowest BCUT2D eigenvalue weighted by Crippen LogP contribution is -2.33. The van der Waals surface area contributed by atoms with Gasteiger partial charge in [0, 0.05) is 0 Å². The molecule has 0 bridgehead atoms. The first-order valence-corrected chi connectivity index (χ1v) is 13.4. The molecule has 0 heterocycles. The normalized spacial score (nSPS) is 19.3. The molecule has 2 rings (SSSR count). The van der Waals surface area contributed by atoms with Crippen molar-refractivity contribution in [3.05, 3.63) is 54.9 Å². The van der Waals surface area contributed by atoms with Crippen molar-refractivity contribution in [3.63, 3.8) is 0 Å². The molecule has 2 aliphatic carbocycles. The van der Waals surface area contributed by atoms with Crippen LogP contribution in [0.4, 0.5) is 0 Å². The molecule has 0 fully saturated rings. The molecule has 8 nitrogen and oxygen atoms in total. The number of halogens is 4. The molecule has 2 aliphatic rings. The van der Waals surface area contributed by atoms with Crippen molar-refractivity contribution in [2.45, 2.75) is 64.6 Å². The second-order valence-electron chi connectivity index (χ2n) is 8.14. The molecule has 2 atom stereocenters. The number of unbranched alkanes of at least 4 members (excludes halogenated alkanes) is 4. The Kier molecular flexibility index (Phi) is 13.3. The van der Waals surface area contributed by atoms with Gasteiger partial charge < -0.3 is 18.9 Å². The van der Waals surface area contributed by atoms with Crippen LogP contribution >= 0.6 is 46.4 Å². The number of allylic oxidation sites excluding steroid dienone is 2. The highest BCUT2D eigenvalue weighted by Crippen LogP contribution is 2.37. The van der Waals surface area contributed by atoms with Crippen molar-refractivity contribution in [2.24, 2.45) is 0 Å². The number of esters is 2. The van der Waals surface area contributed by atoms with E-state index in [2.05, 4.69) is 0 Å². The largest absolute Gasteiger partial charge is 0.491 e. The van der Waals surface area contributed by atoms with E-state index in [9.17, 15) is 19.2 Å². The predicted molar refractivity (Wildman–Crippen MR) is 143 cm³/mol. The molecule has 0 saturated carbocycles. The third-order valence-electron chi connectivity index (χ3n) is 5.30. The van der Waals surface area contributed by atoms with Crippen LogP contribution in [-0.2, 0) is 38.1 Å². The number of hydrogen-bond donors (Lipinski definition) is 0. The third-order valence-corrected chi connectivity index (χ3v) is 6.60. The monoisotopic (exact) mass is 606 g/mol. The summed E-state index contributed by atoms with van der Waals surface area (Å²) < 4.78 is 21.5. The Morgan fingerprint density at radius 3 is 1.39 bits per heavy atom. The van der Waals surface area contributed by atoms with Gasteiger partial charge in [0.15, 0.2) is 23.7 Å². The van der Waals surface area contributed by atoms with E-state index >= 15 is 0 Å². The third kappa shape index (κ3) is 8.28. The molecule has 0 saturated heterocycles. The Balaban J connectivity index is 2.19. The molecule has 0 aromatic heterocycles. The molecule has 0 aromatic carbocycles. The fraction of sp³-hybridized carbons (Fsp3) is 0.462. The van der Waals surface area contributed by atoms with E-state index in [1.807, 2.05) is 13.8 Å². The highest BCUT2D eigenvalue weighted by Gasteiger charge is 2.37. The van der Waals surface area contributed by atoms with E-state index < -0.39 is 24.1 Å². The minimum absolute atomic E-state index is 0.00341. The van der Waals surface area contributed by atoms with Crippen molar-refractivity contribution in [1.82, 2.24) is 0 Å². The van der Waals surface area contributed by atoms with Crippen LogP contribution in [0.1, 0.15) is 52.4 Å². The summed E-state index contributed by atoms with van der Waals surface area (Å²) in [6, 6.07) is 0. The van der Waals surface area contributed by atoms with Crippen molar-refractivity contribution in [3.8, 4) is 0 Å². The lowest BCUT2D eigenvalue weighted by atomic mass is 10.0. The van der Waals surface area contributed by atoms with E-state index in [1.54, 1.807) is 11.9 Å². The smallest absolute Gasteiger partial charge is 0.418 e. The van der Waals surface area contributed by atoms with Crippen LogP contribution in [0, 0.1) is 0 Å². The molecular weight excluding hydrogens is 582 g/mol. The standard InChI is InChI=1S/C26H26Cl4O8/c1-3-5-7-9-35-23-17(27)11-15(13-31)21(19(23)29)37-25(33)26(34)38-22-16(14-32)12-18(28)24(20(22)30)36-10-8-6-4-2/h11-12,21-22H,3-10H2,1-2H3. The number of carbonyl (C=O) groups excluding carboxylic acids is 4. The fourth-order valence-corrected chi connectivity index (χ4v) is 4.61. The van der Waals surface area contributed by atoms with Gasteiger partial charge in [-0.05, 0) is 25.0 Å². The van der Waals surface area contributed by atoms with Crippen LogP contribution in [0.25, 0.3) is 0 Å². The van der Waals surface area contributed by atoms with Crippen LogP contribution in [0.15, 0.2) is 54.9 Å². The molecule has 0 amide bonds. The SMILES string of the molecule is CCCCCOC1=C(Cl)C(OC(=O)C(=O)OC2C(=C=O)C=C(Cl)C(OCCCCC)=C2Cl)C(=C=O)C=C1Cl. The van der Waals surface area contributed by atoms with E-state index in [1.165, 1.54) is 12.2 Å². The van der Waals surface area contributed by atoms with E-state index in [0.29, 0.717) is 12.8 Å². The molecule has 38 heavy (non-hydrogen) atoms. The number of hydrogen-bond acceptors (Lipinski definition) is 8. The zero-order valence-corrected chi connectivity index (χ0v) is 23.8. The molecule has 0 N–H and O–H groups in total. The van der Waals surface area contributed by atoms with Gasteiger partial charge >= 0.3 is 11.9 Å².